The fraction of sp³-hybridized carbons (Fsp3) is 0.250. The van der Waals surface area contributed by atoms with Crippen LogP contribution in [-0.2, 0) is 11.2 Å². The first-order chi connectivity index (χ1) is 23.6. The molecule has 4 aromatic carbocycles. The van der Waals surface area contributed by atoms with Crippen molar-refractivity contribution in [3.8, 4) is 28.6 Å². The number of benzene rings is 4. The van der Waals surface area contributed by atoms with E-state index in [-0.39, 0.29) is 24.0 Å². The molecule has 9 nitrogen and oxygen atoms in total. The summed E-state index contributed by atoms with van der Waals surface area (Å²) in [4.78, 5) is 31.7. The Morgan fingerprint density at radius 1 is 1.00 bits per heavy atom. The minimum Gasteiger partial charge on any atom is -0.494 e. The zero-order valence-electron chi connectivity index (χ0n) is 28.9. The van der Waals surface area contributed by atoms with Gasteiger partial charge in [0.2, 0.25) is 0 Å². The van der Waals surface area contributed by atoms with Crippen LogP contribution < -0.4 is 25.1 Å². The van der Waals surface area contributed by atoms with E-state index in [0.29, 0.717) is 46.8 Å². The molecule has 9 heteroatoms. The summed E-state index contributed by atoms with van der Waals surface area (Å²) in [5.41, 5.74) is 6.06. The zero-order chi connectivity index (χ0) is 35.1. The van der Waals surface area contributed by atoms with Crippen LogP contribution in [0.25, 0.3) is 22.3 Å². The van der Waals surface area contributed by atoms with Crippen molar-refractivity contribution in [3.05, 3.63) is 124 Å². The van der Waals surface area contributed by atoms with Gasteiger partial charge in [-0.15, -0.1) is 6.58 Å². The summed E-state index contributed by atoms with van der Waals surface area (Å²) in [6.07, 6.45) is 3.78. The Labute approximate surface area is 286 Å². The maximum absolute atomic E-state index is 14.0. The number of fused-ring (bicyclic) bond motifs is 1. The number of hydrogen-bond donors (Lipinski definition) is 1. The van der Waals surface area contributed by atoms with Crippen LogP contribution in [0.4, 0.5) is 5.69 Å². The quantitative estimate of drug-likeness (QED) is 0.102. The van der Waals surface area contributed by atoms with E-state index in [1.165, 1.54) is 11.8 Å². The average Bonchev–Trinajstić information content (AvgIpc) is 3.08. The van der Waals surface area contributed by atoms with Crippen molar-refractivity contribution in [1.29, 1.82) is 0 Å². The Hall–Kier alpha value is -5.70. The van der Waals surface area contributed by atoms with E-state index in [4.69, 9.17) is 24.3 Å². The molecule has 1 aromatic heterocycles. The highest BCUT2D eigenvalue weighted by Crippen LogP contribution is 2.35. The van der Waals surface area contributed by atoms with Gasteiger partial charge in [-0.25, -0.2) is 4.98 Å². The van der Waals surface area contributed by atoms with Crippen molar-refractivity contribution >= 4 is 28.7 Å². The second-order valence-electron chi connectivity index (χ2n) is 12.0. The standard InChI is InChI=1S/C40H42N4O5/c1-8-14-29-20-28(21-36(47-7)38(29)49-24-37(45)42-33-17-12-10-15-26(33)5)23-41-44-39(43-34-18-13-11-16-30(34)40(44)46)32-22-31(25(3)4)35(48-9-2)19-27(32)6/h8,10-13,15-23,25H,1,9,14,24H2,2-7H3,(H,42,45). The van der Waals surface area contributed by atoms with E-state index < -0.39 is 0 Å². The molecule has 0 fully saturated rings. The number of aryl methyl sites for hydroxylation is 2. The number of aromatic nitrogens is 2. The molecule has 0 spiro atoms. The van der Waals surface area contributed by atoms with E-state index >= 15 is 0 Å². The number of nitrogens with one attached hydrogen (secondary N) is 1. The summed E-state index contributed by atoms with van der Waals surface area (Å²) in [5, 5.41) is 8.05. The number of rotatable bonds is 13. The van der Waals surface area contributed by atoms with E-state index in [1.807, 2.05) is 81.4 Å². The molecular formula is C40H42N4O5. The number of para-hydroxylation sites is 2. The zero-order valence-corrected chi connectivity index (χ0v) is 28.9. The predicted molar refractivity (Wildman–Crippen MR) is 197 cm³/mol. The van der Waals surface area contributed by atoms with Gasteiger partial charge in [-0.05, 0) is 97.8 Å². The number of carbonyl (C=O) groups excluding carboxylic acids is 1. The topological polar surface area (TPSA) is 104 Å². The van der Waals surface area contributed by atoms with Gasteiger partial charge in [0.05, 0.1) is 30.8 Å². The van der Waals surface area contributed by atoms with Gasteiger partial charge in [-0.3, -0.25) is 9.59 Å². The van der Waals surface area contributed by atoms with Gasteiger partial charge in [0.1, 0.15) is 5.75 Å². The molecule has 1 N–H and O–H groups in total. The minimum atomic E-state index is -0.299. The summed E-state index contributed by atoms with van der Waals surface area (Å²) in [7, 11) is 1.53. The molecule has 1 amide bonds. The fourth-order valence-corrected chi connectivity index (χ4v) is 5.62. The molecule has 0 radical (unpaired) electrons. The summed E-state index contributed by atoms with van der Waals surface area (Å²) in [6, 6.07) is 22.5. The third-order valence-electron chi connectivity index (χ3n) is 8.10. The first kappa shape index (κ1) is 34.6. The lowest BCUT2D eigenvalue weighted by atomic mass is 9.96. The van der Waals surface area contributed by atoms with Gasteiger partial charge in [-0.2, -0.15) is 9.78 Å². The molecule has 0 aliphatic rings. The smallest absolute Gasteiger partial charge is 0.282 e. The van der Waals surface area contributed by atoms with Gasteiger partial charge in [-0.1, -0.05) is 50.3 Å². The number of amides is 1. The summed E-state index contributed by atoms with van der Waals surface area (Å²) >= 11 is 0. The number of anilines is 1. The van der Waals surface area contributed by atoms with Gasteiger partial charge in [0.25, 0.3) is 11.5 Å². The van der Waals surface area contributed by atoms with Crippen LogP contribution >= 0.6 is 0 Å². The van der Waals surface area contributed by atoms with Crippen molar-refractivity contribution in [3.63, 3.8) is 0 Å². The Morgan fingerprint density at radius 3 is 2.47 bits per heavy atom. The molecular weight excluding hydrogens is 616 g/mol. The molecule has 252 valence electrons. The third kappa shape index (κ3) is 7.73. The van der Waals surface area contributed by atoms with Crippen LogP contribution in [-0.4, -0.2) is 42.1 Å². The average molecular weight is 659 g/mol. The number of allylic oxidation sites excluding steroid dienone is 1. The molecule has 0 aliphatic heterocycles. The first-order valence-electron chi connectivity index (χ1n) is 16.3. The predicted octanol–water partition coefficient (Wildman–Crippen LogP) is 7.84. The number of carbonyl (C=O) groups is 1. The Balaban J connectivity index is 1.55. The molecule has 0 bridgehead atoms. The minimum absolute atomic E-state index is 0.176. The first-order valence-corrected chi connectivity index (χ1v) is 16.3. The van der Waals surface area contributed by atoms with E-state index in [9.17, 15) is 9.59 Å². The van der Waals surface area contributed by atoms with Gasteiger partial charge < -0.3 is 19.5 Å². The molecule has 5 rings (SSSR count). The van der Waals surface area contributed by atoms with Crippen LogP contribution in [0.5, 0.6) is 17.2 Å². The number of nitrogens with zero attached hydrogens (tertiary/aromatic N) is 3. The summed E-state index contributed by atoms with van der Waals surface area (Å²) < 4.78 is 19.0. The van der Waals surface area contributed by atoms with E-state index in [1.54, 1.807) is 24.4 Å². The largest absolute Gasteiger partial charge is 0.494 e. The number of hydrogen-bond acceptors (Lipinski definition) is 7. The lowest BCUT2D eigenvalue weighted by Crippen LogP contribution is -2.21. The molecule has 1 heterocycles. The normalized spacial score (nSPS) is 11.2. The van der Waals surface area contributed by atoms with Crippen LogP contribution in [0.1, 0.15) is 54.5 Å². The molecule has 0 saturated carbocycles. The van der Waals surface area contributed by atoms with Crippen molar-refractivity contribution in [2.24, 2.45) is 5.10 Å². The lowest BCUT2D eigenvalue weighted by molar-refractivity contribution is -0.118. The molecule has 49 heavy (non-hydrogen) atoms. The molecule has 0 aliphatic carbocycles. The summed E-state index contributed by atoms with van der Waals surface area (Å²) in [5.74, 6) is 1.95. The second kappa shape index (κ2) is 15.5. The SMILES string of the molecule is C=CCc1cc(C=Nn2c(-c3cc(C(C)C)c(OCC)cc3C)nc3ccccc3c2=O)cc(OC)c1OCC(=O)Nc1ccccc1C. The second-order valence-corrected chi connectivity index (χ2v) is 12.0. The van der Waals surface area contributed by atoms with Crippen LogP contribution in [0.15, 0.2) is 95.3 Å². The number of ether oxygens (including phenoxy) is 3. The molecule has 0 saturated heterocycles. The highest BCUT2D eigenvalue weighted by atomic mass is 16.5. The van der Waals surface area contributed by atoms with Crippen LogP contribution in [0.2, 0.25) is 0 Å². The highest BCUT2D eigenvalue weighted by Gasteiger charge is 2.19. The van der Waals surface area contributed by atoms with Crippen molar-refractivity contribution in [1.82, 2.24) is 9.66 Å². The van der Waals surface area contributed by atoms with Crippen LogP contribution in [0.3, 0.4) is 0 Å². The van der Waals surface area contributed by atoms with Gasteiger partial charge in [0.15, 0.2) is 23.9 Å². The van der Waals surface area contributed by atoms with Crippen molar-refractivity contribution < 1.29 is 19.0 Å². The van der Waals surface area contributed by atoms with Crippen molar-refractivity contribution in [2.45, 2.75) is 47.0 Å². The number of methoxy groups -OCH3 is 1. The maximum atomic E-state index is 14.0. The van der Waals surface area contributed by atoms with Crippen LogP contribution in [0, 0.1) is 13.8 Å². The highest BCUT2D eigenvalue weighted by molar-refractivity contribution is 5.92. The van der Waals surface area contributed by atoms with E-state index in [0.717, 1.165) is 39.3 Å². The van der Waals surface area contributed by atoms with Crippen molar-refractivity contribution in [2.75, 3.05) is 25.6 Å². The van der Waals surface area contributed by atoms with Gasteiger partial charge in [0, 0.05) is 16.8 Å². The molecule has 0 atom stereocenters. The third-order valence-corrected chi connectivity index (χ3v) is 8.10. The summed E-state index contributed by atoms with van der Waals surface area (Å²) in [6.45, 7) is 14.3. The maximum Gasteiger partial charge on any atom is 0.282 e. The Kier molecular flexibility index (Phi) is 10.9. The molecule has 0 unspecified atom stereocenters. The monoisotopic (exact) mass is 658 g/mol. The lowest BCUT2D eigenvalue weighted by Gasteiger charge is -2.18. The Morgan fingerprint density at radius 2 is 1.76 bits per heavy atom. The molecule has 5 aromatic rings. The Bertz CT molecular complexity index is 2100. The fourth-order valence-electron chi connectivity index (χ4n) is 5.62. The van der Waals surface area contributed by atoms with E-state index in [2.05, 4.69) is 25.7 Å². The van der Waals surface area contributed by atoms with Gasteiger partial charge >= 0.3 is 0 Å².